The number of rotatable bonds is 4. The molecule has 1 saturated heterocycles. The third-order valence-electron chi connectivity index (χ3n) is 6.45. The van der Waals surface area contributed by atoms with E-state index < -0.39 is 0 Å². The average molecular weight is 405 g/mol. The van der Waals surface area contributed by atoms with Gasteiger partial charge in [0.1, 0.15) is 10.9 Å². The van der Waals surface area contributed by atoms with E-state index in [4.69, 9.17) is 9.72 Å². The van der Waals surface area contributed by atoms with Gasteiger partial charge in [-0.1, -0.05) is 6.92 Å². The van der Waals surface area contributed by atoms with E-state index in [-0.39, 0.29) is 23.5 Å². The maximum atomic E-state index is 12.9. The smallest absolute Gasteiger partial charge is 0.309 e. The van der Waals surface area contributed by atoms with Gasteiger partial charge in [-0.3, -0.25) is 9.59 Å². The second kappa shape index (κ2) is 7.95. The summed E-state index contributed by atoms with van der Waals surface area (Å²) in [7, 11) is 0. The molecule has 2 aromatic rings. The second-order valence-electron chi connectivity index (χ2n) is 8.39. The lowest BCUT2D eigenvalue weighted by molar-refractivity contribution is -0.935. The predicted molar refractivity (Wildman–Crippen MR) is 110 cm³/mol. The van der Waals surface area contributed by atoms with Crippen molar-refractivity contribution in [2.75, 3.05) is 19.7 Å². The number of fused-ring (bicyclic) bond motifs is 3. The van der Waals surface area contributed by atoms with E-state index in [0.29, 0.717) is 12.5 Å². The summed E-state index contributed by atoms with van der Waals surface area (Å²) in [6.45, 7) is 8.48. The van der Waals surface area contributed by atoms with Crippen LogP contribution in [0.3, 0.4) is 0 Å². The maximum Gasteiger partial charge on any atom is 0.309 e. The van der Waals surface area contributed by atoms with Crippen molar-refractivity contribution in [3.05, 3.63) is 26.6 Å². The lowest BCUT2D eigenvalue weighted by Gasteiger charge is -2.31. The van der Waals surface area contributed by atoms with E-state index in [1.165, 1.54) is 15.3 Å². The quantitative estimate of drug-likeness (QED) is 0.765. The molecule has 0 bridgehead atoms. The Morgan fingerprint density at radius 3 is 2.82 bits per heavy atom. The molecule has 0 amide bonds. The van der Waals surface area contributed by atoms with Crippen molar-refractivity contribution < 1.29 is 14.4 Å². The van der Waals surface area contributed by atoms with Crippen LogP contribution in [0.1, 0.15) is 62.3 Å². The van der Waals surface area contributed by atoms with Crippen LogP contribution in [0.5, 0.6) is 0 Å². The standard InChI is InChI=1S/C21H29N3O3S/c1-4-27-21(26)14-7-9-24(10-8-14)13(3)18-22-19(25)17-15-6-5-12(2)11-16(15)28-20(17)23-18/h12-14H,4-11H2,1-3H3,(H,22,23,25)/p+1/t12-,13-/m0/s1. The number of aromatic amines is 1. The first-order valence-electron chi connectivity index (χ1n) is 10.5. The number of quaternary nitrogens is 1. The molecular formula is C21H30N3O3S+. The monoisotopic (exact) mass is 404 g/mol. The minimum atomic E-state index is -0.0689. The first-order chi connectivity index (χ1) is 13.5. The summed E-state index contributed by atoms with van der Waals surface area (Å²) < 4.78 is 5.17. The maximum absolute atomic E-state index is 12.9. The van der Waals surface area contributed by atoms with Gasteiger partial charge in [0.2, 0.25) is 0 Å². The highest BCUT2D eigenvalue weighted by molar-refractivity contribution is 7.18. The topological polar surface area (TPSA) is 76.5 Å². The van der Waals surface area contributed by atoms with Gasteiger partial charge in [0.15, 0.2) is 5.82 Å². The van der Waals surface area contributed by atoms with Gasteiger partial charge in [-0.15, -0.1) is 11.3 Å². The van der Waals surface area contributed by atoms with Crippen molar-refractivity contribution >= 4 is 27.5 Å². The molecule has 1 aliphatic carbocycles. The van der Waals surface area contributed by atoms with Crippen LogP contribution >= 0.6 is 11.3 Å². The van der Waals surface area contributed by atoms with Gasteiger partial charge < -0.3 is 14.6 Å². The number of likely N-dealkylation sites (tertiary alicyclic amines) is 1. The number of aromatic nitrogens is 2. The molecule has 28 heavy (non-hydrogen) atoms. The van der Waals surface area contributed by atoms with Crippen molar-refractivity contribution in [1.82, 2.24) is 9.97 Å². The molecule has 4 rings (SSSR count). The van der Waals surface area contributed by atoms with Crippen LogP contribution in [0.15, 0.2) is 4.79 Å². The van der Waals surface area contributed by atoms with Gasteiger partial charge in [0.25, 0.3) is 5.56 Å². The number of aryl methyl sites for hydroxylation is 1. The summed E-state index contributed by atoms with van der Waals surface area (Å²) >= 11 is 1.70. The Morgan fingerprint density at radius 1 is 1.36 bits per heavy atom. The number of hydrogen-bond acceptors (Lipinski definition) is 5. The van der Waals surface area contributed by atoms with Crippen LogP contribution in [0.2, 0.25) is 0 Å². The molecule has 2 atom stereocenters. The van der Waals surface area contributed by atoms with Crippen molar-refractivity contribution in [3.63, 3.8) is 0 Å². The van der Waals surface area contributed by atoms with Gasteiger partial charge in [-0.05, 0) is 44.6 Å². The number of nitrogens with zero attached hydrogens (tertiary/aromatic N) is 1. The average Bonchev–Trinajstić information content (AvgIpc) is 3.05. The third kappa shape index (κ3) is 3.62. The molecule has 2 aliphatic rings. The number of ether oxygens (including phenoxy) is 1. The second-order valence-corrected chi connectivity index (χ2v) is 9.47. The molecule has 2 N–H and O–H groups in total. The molecule has 0 aromatic carbocycles. The Bertz CT molecular complexity index is 927. The molecule has 0 spiro atoms. The van der Waals surface area contributed by atoms with Crippen LogP contribution in [-0.4, -0.2) is 35.6 Å². The van der Waals surface area contributed by atoms with Gasteiger partial charge >= 0.3 is 5.97 Å². The molecule has 1 fully saturated rings. The fourth-order valence-electron chi connectivity index (χ4n) is 4.68. The Kier molecular flexibility index (Phi) is 5.56. The number of hydrogen-bond donors (Lipinski definition) is 2. The number of esters is 1. The van der Waals surface area contributed by atoms with E-state index >= 15 is 0 Å². The van der Waals surface area contributed by atoms with E-state index in [9.17, 15) is 9.59 Å². The van der Waals surface area contributed by atoms with E-state index in [1.54, 1.807) is 11.3 Å². The summed E-state index contributed by atoms with van der Waals surface area (Å²) in [5, 5.41) is 0.818. The minimum absolute atomic E-state index is 0.0106. The van der Waals surface area contributed by atoms with E-state index in [1.807, 2.05) is 6.92 Å². The zero-order valence-electron chi connectivity index (χ0n) is 17.0. The third-order valence-corrected chi connectivity index (χ3v) is 7.60. The van der Waals surface area contributed by atoms with E-state index in [0.717, 1.165) is 61.2 Å². The van der Waals surface area contributed by atoms with E-state index in [2.05, 4.69) is 18.8 Å². The first-order valence-corrected chi connectivity index (χ1v) is 11.3. The summed E-state index contributed by atoms with van der Waals surface area (Å²) in [5.74, 6) is 1.40. The number of nitrogens with one attached hydrogen (secondary N) is 2. The Labute approximate surface area is 169 Å². The van der Waals surface area contributed by atoms with Crippen LogP contribution < -0.4 is 10.5 Å². The molecule has 0 radical (unpaired) electrons. The van der Waals surface area contributed by atoms with Crippen LogP contribution in [0.4, 0.5) is 0 Å². The van der Waals surface area contributed by atoms with Crippen molar-refractivity contribution in [3.8, 4) is 0 Å². The molecular weight excluding hydrogens is 374 g/mol. The van der Waals surface area contributed by atoms with Gasteiger partial charge in [-0.2, -0.15) is 0 Å². The van der Waals surface area contributed by atoms with Crippen LogP contribution in [0, 0.1) is 11.8 Å². The molecule has 0 unspecified atom stereocenters. The summed E-state index contributed by atoms with van der Waals surface area (Å²) in [6, 6.07) is 0.110. The number of piperidine rings is 1. The largest absolute Gasteiger partial charge is 0.466 e. The fraction of sp³-hybridized carbons (Fsp3) is 0.667. The number of carbonyl (C=O) groups excluding carboxylic acids is 1. The van der Waals surface area contributed by atoms with Gasteiger partial charge in [0, 0.05) is 17.7 Å². The molecule has 6 nitrogen and oxygen atoms in total. The lowest BCUT2D eigenvalue weighted by atomic mass is 9.89. The highest BCUT2D eigenvalue weighted by Crippen LogP contribution is 2.35. The SMILES string of the molecule is CCOC(=O)C1CC[NH+]([C@@H](C)c2nc3sc4c(c3c(=O)[nH]2)CC[C@H](C)C4)CC1. The Balaban J connectivity index is 1.53. The van der Waals surface area contributed by atoms with Crippen LogP contribution in [-0.2, 0) is 22.4 Å². The van der Waals surface area contributed by atoms with Crippen molar-refractivity contribution in [2.45, 2.75) is 58.9 Å². The van der Waals surface area contributed by atoms with Gasteiger partial charge in [-0.25, -0.2) is 4.98 Å². The normalized spacial score (nSPS) is 26.0. The highest BCUT2D eigenvalue weighted by Gasteiger charge is 2.33. The Hall–Kier alpha value is -1.73. The van der Waals surface area contributed by atoms with Crippen LogP contribution in [0.25, 0.3) is 10.2 Å². The zero-order valence-corrected chi connectivity index (χ0v) is 17.8. The fourth-order valence-corrected chi connectivity index (χ4v) is 6.07. The Morgan fingerprint density at radius 2 is 2.11 bits per heavy atom. The van der Waals surface area contributed by atoms with Crippen molar-refractivity contribution in [2.24, 2.45) is 11.8 Å². The first kappa shape index (κ1) is 19.6. The minimum Gasteiger partial charge on any atom is -0.466 e. The number of thiophene rings is 1. The van der Waals surface area contributed by atoms with Gasteiger partial charge in [0.05, 0.1) is 31.0 Å². The van der Waals surface area contributed by atoms with Crippen molar-refractivity contribution in [1.29, 1.82) is 0 Å². The molecule has 3 heterocycles. The summed E-state index contributed by atoms with van der Waals surface area (Å²) in [6.07, 6.45) is 4.86. The molecule has 1 aliphatic heterocycles. The predicted octanol–water partition coefficient (Wildman–Crippen LogP) is 2.03. The molecule has 2 aromatic heterocycles. The molecule has 0 saturated carbocycles. The number of carbonyl (C=O) groups is 1. The lowest BCUT2D eigenvalue weighted by Crippen LogP contribution is -3.13. The summed E-state index contributed by atoms with van der Waals surface area (Å²) in [4.78, 5) is 36.4. The highest BCUT2D eigenvalue weighted by atomic mass is 32.1. The zero-order chi connectivity index (χ0) is 19.8. The molecule has 152 valence electrons. The molecule has 7 heteroatoms. The summed E-state index contributed by atoms with van der Waals surface area (Å²) in [5.41, 5.74) is 1.24. The number of H-pyrrole nitrogens is 1.